The number of thiophene rings is 1. The van der Waals surface area contributed by atoms with E-state index in [2.05, 4.69) is 31.1 Å². The molecule has 2 aromatic heterocycles. The lowest BCUT2D eigenvalue weighted by atomic mass is 9.89. The van der Waals surface area contributed by atoms with Crippen LogP contribution in [0.5, 0.6) is 0 Å². The van der Waals surface area contributed by atoms with E-state index in [1.54, 1.807) is 11.1 Å². The normalized spacial score (nSPS) is 11.4. The average Bonchev–Trinajstić information content (AvgIpc) is 2.88. The Morgan fingerprint density at radius 2 is 2.10 bits per heavy atom. The number of hydrogen-bond acceptors (Lipinski definition) is 3. The van der Waals surface area contributed by atoms with Crippen molar-refractivity contribution in [3.63, 3.8) is 0 Å². The van der Waals surface area contributed by atoms with E-state index in [4.69, 9.17) is 0 Å². The molecule has 0 aromatic carbocycles. The minimum atomic E-state index is 0.0520. The van der Waals surface area contributed by atoms with Crippen molar-refractivity contribution in [1.29, 1.82) is 0 Å². The minimum absolute atomic E-state index is 0.0520. The highest BCUT2D eigenvalue weighted by atomic mass is 32.1. The van der Waals surface area contributed by atoms with Gasteiger partial charge in [0.25, 0.3) is 5.91 Å². The molecule has 4 heteroatoms. The maximum absolute atomic E-state index is 12.4. The Morgan fingerprint density at radius 1 is 1.35 bits per heavy atom. The van der Waals surface area contributed by atoms with Crippen LogP contribution in [0.4, 0.5) is 0 Å². The summed E-state index contributed by atoms with van der Waals surface area (Å²) in [5, 5.41) is 2.07. The molecular formula is C16H20N2OS. The Labute approximate surface area is 124 Å². The highest BCUT2D eigenvalue weighted by Gasteiger charge is 2.20. The summed E-state index contributed by atoms with van der Waals surface area (Å²) in [6.07, 6.45) is 1.75. The summed E-state index contributed by atoms with van der Waals surface area (Å²) < 4.78 is 0. The van der Waals surface area contributed by atoms with Crippen LogP contribution in [0.1, 0.15) is 41.7 Å². The molecule has 0 aliphatic heterocycles. The standard InChI is InChI=1S/C16H20N2OS/c1-16(2,3)12-9-14(20-11-12)15(19)18(4)10-13-7-5-6-8-17-13/h5-9,11H,10H2,1-4H3. The third-order valence-electron chi connectivity index (χ3n) is 3.15. The number of hydrogen-bond donors (Lipinski definition) is 0. The Morgan fingerprint density at radius 3 is 2.65 bits per heavy atom. The van der Waals surface area contributed by atoms with Gasteiger partial charge in [0, 0.05) is 13.2 Å². The van der Waals surface area contributed by atoms with E-state index >= 15 is 0 Å². The van der Waals surface area contributed by atoms with Crippen LogP contribution in [0.25, 0.3) is 0 Å². The van der Waals surface area contributed by atoms with Gasteiger partial charge in [0.15, 0.2) is 0 Å². The van der Waals surface area contributed by atoms with E-state index in [-0.39, 0.29) is 11.3 Å². The smallest absolute Gasteiger partial charge is 0.264 e. The molecule has 106 valence electrons. The van der Waals surface area contributed by atoms with Crippen LogP contribution in [0.3, 0.4) is 0 Å². The van der Waals surface area contributed by atoms with Crippen molar-refractivity contribution in [2.24, 2.45) is 0 Å². The second kappa shape index (κ2) is 5.75. The van der Waals surface area contributed by atoms with Crippen molar-refractivity contribution in [1.82, 2.24) is 9.88 Å². The van der Waals surface area contributed by atoms with Gasteiger partial charge in [-0.05, 0) is 34.6 Å². The molecule has 0 bridgehead atoms. The van der Waals surface area contributed by atoms with E-state index < -0.39 is 0 Å². The lowest BCUT2D eigenvalue weighted by Crippen LogP contribution is -2.25. The van der Waals surface area contributed by atoms with Gasteiger partial charge < -0.3 is 4.90 Å². The van der Waals surface area contributed by atoms with Gasteiger partial charge in [-0.25, -0.2) is 0 Å². The van der Waals surface area contributed by atoms with Crippen molar-refractivity contribution >= 4 is 17.2 Å². The molecule has 2 aromatic rings. The Hall–Kier alpha value is -1.68. The first kappa shape index (κ1) is 14.7. The fourth-order valence-electron chi connectivity index (χ4n) is 1.84. The highest BCUT2D eigenvalue weighted by Crippen LogP contribution is 2.27. The summed E-state index contributed by atoms with van der Waals surface area (Å²) in [6.45, 7) is 6.99. The maximum Gasteiger partial charge on any atom is 0.264 e. The van der Waals surface area contributed by atoms with Crippen molar-refractivity contribution in [3.05, 3.63) is 52.0 Å². The molecule has 0 unspecified atom stereocenters. The zero-order valence-corrected chi connectivity index (χ0v) is 13.2. The van der Waals surface area contributed by atoms with Gasteiger partial charge in [-0.15, -0.1) is 11.3 Å². The second-order valence-corrected chi connectivity index (χ2v) is 6.84. The number of nitrogens with zero attached hydrogens (tertiary/aromatic N) is 2. The molecular weight excluding hydrogens is 268 g/mol. The summed E-state index contributed by atoms with van der Waals surface area (Å²) in [6, 6.07) is 7.74. The molecule has 20 heavy (non-hydrogen) atoms. The molecule has 0 saturated carbocycles. The third kappa shape index (κ3) is 3.45. The molecule has 3 nitrogen and oxygen atoms in total. The van der Waals surface area contributed by atoms with E-state index in [0.717, 1.165) is 10.6 Å². The van der Waals surface area contributed by atoms with Crippen LogP contribution in [0.2, 0.25) is 0 Å². The number of amides is 1. The monoisotopic (exact) mass is 288 g/mol. The predicted molar refractivity (Wildman–Crippen MR) is 83.1 cm³/mol. The first-order chi connectivity index (χ1) is 9.38. The average molecular weight is 288 g/mol. The van der Waals surface area contributed by atoms with Crippen molar-refractivity contribution in [3.8, 4) is 0 Å². The van der Waals surface area contributed by atoms with Crippen LogP contribution in [0, 0.1) is 0 Å². The molecule has 0 saturated heterocycles. The number of carbonyl (C=O) groups excluding carboxylic acids is 1. The molecule has 0 aliphatic carbocycles. The first-order valence-electron chi connectivity index (χ1n) is 6.62. The fraction of sp³-hybridized carbons (Fsp3) is 0.375. The van der Waals surface area contributed by atoms with Crippen LogP contribution >= 0.6 is 11.3 Å². The predicted octanol–water partition coefficient (Wildman–Crippen LogP) is 3.71. The summed E-state index contributed by atoms with van der Waals surface area (Å²) in [5.41, 5.74) is 2.18. The van der Waals surface area contributed by atoms with Gasteiger partial charge in [-0.2, -0.15) is 0 Å². The molecule has 2 rings (SSSR count). The van der Waals surface area contributed by atoms with Gasteiger partial charge in [0.1, 0.15) is 0 Å². The zero-order chi connectivity index (χ0) is 14.8. The molecule has 0 radical (unpaired) electrons. The number of rotatable bonds is 3. The quantitative estimate of drug-likeness (QED) is 0.862. The molecule has 1 amide bonds. The number of carbonyl (C=O) groups is 1. The lowest BCUT2D eigenvalue weighted by molar-refractivity contribution is 0.0788. The molecule has 0 N–H and O–H groups in total. The van der Waals surface area contributed by atoms with Gasteiger partial charge in [0.2, 0.25) is 0 Å². The Balaban J connectivity index is 2.09. The largest absolute Gasteiger partial charge is 0.335 e. The number of aromatic nitrogens is 1. The van der Waals surface area contributed by atoms with E-state index in [9.17, 15) is 4.79 Å². The summed E-state index contributed by atoms with van der Waals surface area (Å²) in [7, 11) is 1.81. The van der Waals surface area contributed by atoms with E-state index in [1.807, 2.05) is 31.3 Å². The fourth-order valence-corrected chi connectivity index (χ4v) is 2.96. The van der Waals surface area contributed by atoms with Crippen LogP contribution < -0.4 is 0 Å². The number of pyridine rings is 1. The first-order valence-corrected chi connectivity index (χ1v) is 7.50. The third-order valence-corrected chi connectivity index (χ3v) is 4.07. The Kier molecular flexibility index (Phi) is 4.23. The van der Waals surface area contributed by atoms with E-state index in [1.165, 1.54) is 16.9 Å². The zero-order valence-electron chi connectivity index (χ0n) is 12.4. The van der Waals surface area contributed by atoms with Crippen molar-refractivity contribution in [2.45, 2.75) is 32.7 Å². The van der Waals surface area contributed by atoms with Gasteiger partial charge in [0.05, 0.1) is 17.1 Å². The molecule has 0 fully saturated rings. The second-order valence-electron chi connectivity index (χ2n) is 5.93. The van der Waals surface area contributed by atoms with E-state index in [0.29, 0.717) is 6.54 Å². The molecule has 2 heterocycles. The Bertz CT molecular complexity index is 584. The summed E-state index contributed by atoms with van der Waals surface area (Å²) >= 11 is 1.51. The van der Waals surface area contributed by atoms with Gasteiger partial charge in [-0.1, -0.05) is 26.8 Å². The van der Waals surface area contributed by atoms with Crippen molar-refractivity contribution < 1.29 is 4.79 Å². The van der Waals surface area contributed by atoms with Crippen molar-refractivity contribution in [2.75, 3.05) is 7.05 Å². The highest BCUT2D eigenvalue weighted by molar-refractivity contribution is 7.12. The van der Waals surface area contributed by atoms with Gasteiger partial charge >= 0.3 is 0 Å². The maximum atomic E-state index is 12.4. The molecule has 0 aliphatic rings. The van der Waals surface area contributed by atoms with Crippen LogP contribution in [-0.4, -0.2) is 22.8 Å². The molecule has 0 spiro atoms. The summed E-state index contributed by atoms with van der Waals surface area (Å²) in [4.78, 5) is 19.1. The lowest BCUT2D eigenvalue weighted by Gasteiger charge is -2.17. The van der Waals surface area contributed by atoms with Crippen LogP contribution in [0.15, 0.2) is 35.8 Å². The minimum Gasteiger partial charge on any atom is -0.335 e. The van der Waals surface area contributed by atoms with Gasteiger partial charge in [-0.3, -0.25) is 9.78 Å². The summed E-state index contributed by atoms with van der Waals surface area (Å²) in [5.74, 6) is 0.0520. The van der Waals surface area contributed by atoms with Crippen LogP contribution in [-0.2, 0) is 12.0 Å². The molecule has 0 atom stereocenters. The topological polar surface area (TPSA) is 33.2 Å². The SMILES string of the molecule is CN(Cc1ccccn1)C(=O)c1cc(C(C)(C)C)cs1.